The molecule has 1 rings (SSSR count). The molecular formula is C12H21NO4. The van der Waals surface area contributed by atoms with Gasteiger partial charge in [-0.2, -0.15) is 0 Å². The number of carboxylic acids is 1. The predicted octanol–water partition coefficient (Wildman–Crippen LogP) is 1.03. The van der Waals surface area contributed by atoms with E-state index >= 15 is 0 Å². The zero-order chi connectivity index (χ0) is 12.8. The standard InChI is InChI=1S/C12H21NO4/c1-8(7-17-2)11(14)13-10-5-3-9(4-6-10)12(15)16/h8-10H,3-7H2,1-2H3,(H,13,14)(H,15,16). The third-order valence-corrected chi connectivity index (χ3v) is 3.29. The highest BCUT2D eigenvalue weighted by atomic mass is 16.5. The Hall–Kier alpha value is -1.10. The molecule has 17 heavy (non-hydrogen) atoms. The topological polar surface area (TPSA) is 75.6 Å². The Morgan fingerprint density at radius 2 is 1.94 bits per heavy atom. The Morgan fingerprint density at radius 3 is 2.41 bits per heavy atom. The van der Waals surface area contributed by atoms with Crippen molar-refractivity contribution in [2.45, 2.75) is 38.6 Å². The largest absolute Gasteiger partial charge is 0.481 e. The number of ether oxygens (including phenoxy) is 1. The lowest BCUT2D eigenvalue weighted by molar-refractivity contribution is -0.142. The summed E-state index contributed by atoms with van der Waals surface area (Å²) in [6.07, 6.45) is 2.81. The molecule has 5 nitrogen and oxygen atoms in total. The van der Waals surface area contributed by atoms with E-state index in [2.05, 4.69) is 5.32 Å². The summed E-state index contributed by atoms with van der Waals surface area (Å²) in [7, 11) is 1.57. The van der Waals surface area contributed by atoms with Crippen LogP contribution in [0.25, 0.3) is 0 Å². The summed E-state index contributed by atoms with van der Waals surface area (Å²) in [5, 5.41) is 11.8. The summed E-state index contributed by atoms with van der Waals surface area (Å²) >= 11 is 0. The fraction of sp³-hybridized carbons (Fsp3) is 0.833. The third kappa shape index (κ3) is 4.34. The van der Waals surface area contributed by atoms with Crippen molar-refractivity contribution in [3.05, 3.63) is 0 Å². The van der Waals surface area contributed by atoms with E-state index in [4.69, 9.17) is 9.84 Å². The van der Waals surface area contributed by atoms with Crippen molar-refractivity contribution in [2.24, 2.45) is 11.8 Å². The lowest BCUT2D eigenvalue weighted by Crippen LogP contribution is -2.42. The molecule has 2 N–H and O–H groups in total. The Bertz CT molecular complexity index is 272. The fourth-order valence-corrected chi connectivity index (χ4v) is 2.15. The second kappa shape index (κ2) is 6.59. The molecule has 1 unspecified atom stereocenters. The zero-order valence-electron chi connectivity index (χ0n) is 10.4. The van der Waals surface area contributed by atoms with Crippen LogP contribution in [-0.4, -0.2) is 36.7 Å². The second-order valence-electron chi connectivity index (χ2n) is 4.75. The number of amides is 1. The Kier molecular flexibility index (Phi) is 5.41. The number of carbonyl (C=O) groups is 2. The lowest BCUT2D eigenvalue weighted by atomic mass is 9.86. The minimum Gasteiger partial charge on any atom is -0.481 e. The molecule has 5 heteroatoms. The van der Waals surface area contributed by atoms with Gasteiger partial charge in [0.05, 0.1) is 18.4 Å². The van der Waals surface area contributed by atoms with Crippen LogP contribution >= 0.6 is 0 Å². The summed E-state index contributed by atoms with van der Waals surface area (Å²) in [6.45, 7) is 2.23. The molecule has 0 bridgehead atoms. The van der Waals surface area contributed by atoms with Gasteiger partial charge in [0.1, 0.15) is 0 Å². The molecule has 1 fully saturated rings. The number of methoxy groups -OCH3 is 1. The highest BCUT2D eigenvalue weighted by molar-refractivity contribution is 5.78. The van der Waals surface area contributed by atoms with Gasteiger partial charge in [-0.05, 0) is 25.7 Å². The van der Waals surface area contributed by atoms with Crippen LogP contribution in [0.3, 0.4) is 0 Å². The average molecular weight is 243 g/mol. The molecule has 0 aliphatic heterocycles. The minimum atomic E-state index is -0.720. The van der Waals surface area contributed by atoms with E-state index in [1.807, 2.05) is 6.92 Å². The first-order chi connectivity index (χ1) is 8.04. The van der Waals surface area contributed by atoms with E-state index < -0.39 is 5.97 Å². The van der Waals surface area contributed by atoms with Gasteiger partial charge in [-0.3, -0.25) is 9.59 Å². The minimum absolute atomic E-state index is 0.00868. The van der Waals surface area contributed by atoms with Crippen LogP contribution < -0.4 is 5.32 Å². The van der Waals surface area contributed by atoms with Crippen LogP contribution in [0.2, 0.25) is 0 Å². The van der Waals surface area contributed by atoms with Gasteiger partial charge >= 0.3 is 5.97 Å². The van der Waals surface area contributed by atoms with Gasteiger partial charge in [-0.25, -0.2) is 0 Å². The van der Waals surface area contributed by atoms with Gasteiger partial charge < -0.3 is 15.2 Å². The van der Waals surface area contributed by atoms with Crippen LogP contribution in [0.4, 0.5) is 0 Å². The summed E-state index contributed by atoms with van der Waals surface area (Å²) < 4.78 is 4.92. The number of hydrogen-bond acceptors (Lipinski definition) is 3. The molecule has 1 aliphatic rings. The molecule has 0 aromatic heterocycles. The van der Waals surface area contributed by atoms with Crippen LogP contribution in [-0.2, 0) is 14.3 Å². The van der Waals surface area contributed by atoms with E-state index in [1.165, 1.54) is 0 Å². The molecule has 1 aliphatic carbocycles. The number of nitrogens with one attached hydrogen (secondary N) is 1. The van der Waals surface area contributed by atoms with Crippen LogP contribution in [0.15, 0.2) is 0 Å². The van der Waals surface area contributed by atoms with E-state index in [0.29, 0.717) is 19.4 Å². The van der Waals surface area contributed by atoms with E-state index in [1.54, 1.807) is 7.11 Å². The molecule has 1 amide bonds. The molecule has 1 saturated carbocycles. The zero-order valence-corrected chi connectivity index (χ0v) is 10.4. The number of aliphatic carboxylic acids is 1. The molecule has 1 atom stereocenters. The number of rotatable bonds is 5. The van der Waals surface area contributed by atoms with Crippen molar-refractivity contribution in [1.29, 1.82) is 0 Å². The van der Waals surface area contributed by atoms with Crippen LogP contribution in [0.1, 0.15) is 32.6 Å². The molecular weight excluding hydrogens is 222 g/mol. The van der Waals surface area contributed by atoms with Gasteiger partial charge in [-0.1, -0.05) is 6.92 Å². The molecule has 0 spiro atoms. The predicted molar refractivity (Wildman–Crippen MR) is 62.6 cm³/mol. The van der Waals surface area contributed by atoms with E-state index in [9.17, 15) is 9.59 Å². The maximum atomic E-state index is 11.7. The van der Waals surface area contributed by atoms with Crippen molar-refractivity contribution in [3.8, 4) is 0 Å². The SMILES string of the molecule is COCC(C)C(=O)NC1CCC(C(=O)O)CC1. The fourth-order valence-electron chi connectivity index (χ4n) is 2.15. The second-order valence-corrected chi connectivity index (χ2v) is 4.75. The Labute approximate surface area is 102 Å². The summed E-state index contributed by atoms with van der Waals surface area (Å²) in [4.78, 5) is 22.5. The van der Waals surface area contributed by atoms with Gasteiger partial charge in [0.2, 0.25) is 5.91 Å². The normalized spacial score (nSPS) is 26.2. The van der Waals surface area contributed by atoms with Crippen molar-refractivity contribution >= 4 is 11.9 Å². The van der Waals surface area contributed by atoms with Crippen molar-refractivity contribution in [1.82, 2.24) is 5.32 Å². The average Bonchev–Trinajstić information content (AvgIpc) is 2.30. The Balaban J connectivity index is 2.30. The van der Waals surface area contributed by atoms with Crippen LogP contribution in [0.5, 0.6) is 0 Å². The monoisotopic (exact) mass is 243 g/mol. The maximum absolute atomic E-state index is 11.7. The number of hydrogen-bond donors (Lipinski definition) is 2. The first-order valence-electron chi connectivity index (χ1n) is 6.06. The summed E-state index contributed by atoms with van der Waals surface area (Å²) in [6, 6.07) is 0.123. The van der Waals surface area contributed by atoms with Crippen molar-refractivity contribution in [2.75, 3.05) is 13.7 Å². The van der Waals surface area contributed by atoms with Crippen molar-refractivity contribution in [3.63, 3.8) is 0 Å². The number of carboxylic acid groups (broad SMARTS) is 1. The van der Waals surface area contributed by atoms with E-state index in [-0.39, 0.29) is 23.8 Å². The highest BCUT2D eigenvalue weighted by Crippen LogP contribution is 2.24. The molecule has 0 saturated heterocycles. The van der Waals surface area contributed by atoms with Gasteiger partial charge in [0.25, 0.3) is 0 Å². The summed E-state index contributed by atoms with van der Waals surface area (Å²) in [5.74, 6) is -1.12. The molecule has 0 heterocycles. The molecule has 0 aromatic carbocycles. The smallest absolute Gasteiger partial charge is 0.306 e. The third-order valence-electron chi connectivity index (χ3n) is 3.29. The lowest BCUT2D eigenvalue weighted by Gasteiger charge is -2.27. The van der Waals surface area contributed by atoms with Crippen molar-refractivity contribution < 1.29 is 19.4 Å². The highest BCUT2D eigenvalue weighted by Gasteiger charge is 2.27. The number of carbonyl (C=O) groups excluding carboxylic acids is 1. The van der Waals surface area contributed by atoms with E-state index in [0.717, 1.165) is 12.8 Å². The molecule has 0 radical (unpaired) electrons. The van der Waals surface area contributed by atoms with Gasteiger partial charge in [0.15, 0.2) is 0 Å². The van der Waals surface area contributed by atoms with Crippen LogP contribution in [0, 0.1) is 11.8 Å². The first kappa shape index (κ1) is 14.0. The molecule has 98 valence electrons. The van der Waals surface area contributed by atoms with Gasteiger partial charge in [-0.15, -0.1) is 0 Å². The molecule has 0 aromatic rings. The maximum Gasteiger partial charge on any atom is 0.306 e. The first-order valence-corrected chi connectivity index (χ1v) is 6.06. The van der Waals surface area contributed by atoms with Gasteiger partial charge in [0, 0.05) is 13.2 Å². The summed E-state index contributed by atoms with van der Waals surface area (Å²) in [5.41, 5.74) is 0. The quantitative estimate of drug-likeness (QED) is 0.756. The Morgan fingerprint density at radius 1 is 1.35 bits per heavy atom.